The average molecular weight is 339 g/mol. The maximum Gasteiger partial charge on any atom is 0.298 e. The summed E-state index contributed by atoms with van der Waals surface area (Å²) < 4.78 is 5.07. The zero-order chi connectivity index (χ0) is 17.1. The van der Waals surface area contributed by atoms with Gasteiger partial charge in [-0.2, -0.15) is 0 Å². The van der Waals surface area contributed by atoms with Crippen LogP contribution in [0.3, 0.4) is 0 Å². The number of amides is 2. The highest BCUT2D eigenvalue weighted by atomic mass is 32.2. The normalized spacial score (nSPS) is 15.9. The number of carbonyl (C=O) groups excluding carboxylic acids is 3. The molecule has 0 unspecified atom stereocenters. The van der Waals surface area contributed by atoms with Crippen molar-refractivity contribution in [2.45, 2.75) is 0 Å². The lowest BCUT2D eigenvalue weighted by molar-refractivity contribution is -0.113. The number of nitrogens with zero attached hydrogens (tertiary/aromatic N) is 1. The lowest BCUT2D eigenvalue weighted by Crippen LogP contribution is -2.27. The number of benzene rings is 2. The molecule has 1 saturated heterocycles. The smallest absolute Gasteiger partial charge is 0.298 e. The van der Waals surface area contributed by atoms with Gasteiger partial charge < -0.3 is 4.74 Å². The molecule has 0 atom stereocenters. The average Bonchev–Trinajstić information content (AvgIpc) is 2.89. The Morgan fingerprint density at radius 1 is 0.958 bits per heavy atom. The third kappa shape index (κ3) is 3.09. The largest absolute Gasteiger partial charge is 0.497 e. The van der Waals surface area contributed by atoms with E-state index in [1.807, 2.05) is 0 Å². The van der Waals surface area contributed by atoms with Gasteiger partial charge in [0.15, 0.2) is 0 Å². The molecule has 0 N–H and O–H groups in total. The molecule has 1 fully saturated rings. The van der Waals surface area contributed by atoms with E-state index in [0.717, 1.165) is 28.5 Å². The second-order valence-electron chi connectivity index (χ2n) is 5.00. The van der Waals surface area contributed by atoms with Crippen LogP contribution < -0.4 is 9.64 Å². The molecule has 1 heterocycles. The van der Waals surface area contributed by atoms with E-state index in [1.165, 1.54) is 0 Å². The van der Waals surface area contributed by atoms with Crippen molar-refractivity contribution >= 4 is 41.0 Å². The summed E-state index contributed by atoms with van der Waals surface area (Å²) in [6.07, 6.45) is 2.39. The van der Waals surface area contributed by atoms with Crippen LogP contribution >= 0.6 is 11.8 Å². The highest BCUT2D eigenvalue weighted by Gasteiger charge is 2.36. The topological polar surface area (TPSA) is 63.7 Å². The van der Waals surface area contributed by atoms with Crippen LogP contribution in [0.4, 0.5) is 10.5 Å². The zero-order valence-corrected chi connectivity index (χ0v) is 13.6. The molecule has 6 heteroatoms. The highest BCUT2D eigenvalue weighted by Crippen LogP contribution is 2.36. The molecule has 0 bridgehead atoms. The molecule has 5 nitrogen and oxygen atoms in total. The van der Waals surface area contributed by atoms with Crippen molar-refractivity contribution < 1.29 is 19.1 Å². The molecule has 1 aliphatic heterocycles. The first kappa shape index (κ1) is 16.0. The fraction of sp³-hybridized carbons (Fsp3) is 0.0556. The van der Waals surface area contributed by atoms with Crippen LogP contribution in [0.25, 0.3) is 6.08 Å². The van der Waals surface area contributed by atoms with Crippen molar-refractivity contribution in [1.82, 2.24) is 0 Å². The van der Waals surface area contributed by atoms with Gasteiger partial charge in [0.2, 0.25) is 0 Å². The van der Waals surface area contributed by atoms with Crippen LogP contribution in [0.5, 0.6) is 5.75 Å². The Hall–Kier alpha value is -2.86. The summed E-state index contributed by atoms with van der Waals surface area (Å²) in [5.74, 6) is 0.283. The third-order valence-electron chi connectivity index (χ3n) is 3.49. The quantitative estimate of drug-likeness (QED) is 0.627. The molecule has 2 aromatic rings. The second-order valence-corrected chi connectivity index (χ2v) is 5.99. The Balaban J connectivity index is 1.87. The number of imide groups is 1. The van der Waals surface area contributed by atoms with Crippen LogP contribution in [-0.4, -0.2) is 24.5 Å². The maximum atomic E-state index is 12.5. The SMILES string of the molecule is COc1ccc(N2C(=O)S/C(=C/c3ccc(C=O)cc3)C2=O)cc1. The van der Waals surface area contributed by atoms with E-state index < -0.39 is 0 Å². The van der Waals surface area contributed by atoms with Gasteiger partial charge >= 0.3 is 0 Å². The summed E-state index contributed by atoms with van der Waals surface area (Å²) >= 11 is 0.889. The molecule has 3 rings (SSSR count). The summed E-state index contributed by atoms with van der Waals surface area (Å²) in [5, 5.41) is -0.346. The highest BCUT2D eigenvalue weighted by molar-refractivity contribution is 8.19. The molecule has 24 heavy (non-hydrogen) atoms. The summed E-state index contributed by atoms with van der Waals surface area (Å²) in [5.41, 5.74) is 1.80. The molecule has 2 aromatic carbocycles. The number of hydrogen-bond acceptors (Lipinski definition) is 5. The fourth-order valence-electron chi connectivity index (χ4n) is 2.24. The summed E-state index contributed by atoms with van der Waals surface area (Å²) in [6.45, 7) is 0. The number of hydrogen-bond donors (Lipinski definition) is 0. The minimum absolute atomic E-state index is 0.342. The monoisotopic (exact) mass is 339 g/mol. The Bertz CT molecular complexity index is 825. The van der Waals surface area contributed by atoms with Crippen LogP contribution in [-0.2, 0) is 4.79 Å². The zero-order valence-electron chi connectivity index (χ0n) is 12.8. The molecule has 1 aliphatic rings. The summed E-state index contributed by atoms with van der Waals surface area (Å²) in [6, 6.07) is 13.5. The lowest BCUT2D eigenvalue weighted by atomic mass is 10.1. The summed E-state index contributed by atoms with van der Waals surface area (Å²) in [4.78, 5) is 36.9. The van der Waals surface area contributed by atoms with Gasteiger partial charge in [-0.3, -0.25) is 14.4 Å². The summed E-state index contributed by atoms with van der Waals surface area (Å²) in [7, 11) is 1.55. The Morgan fingerprint density at radius 3 is 2.17 bits per heavy atom. The van der Waals surface area contributed by atoms with E-state index in [4.69, 9.17) is 4.74 Å². The predicted molar refractivity (Wildman–Crippen MR) is 93.3 cm³/mol. The number of ether oxygens (including phenoxy) is 1. The Kier molecular flexibility index (Phi) is 4.48. The van der Waals surface area contributed by atoms with E-state index in [0.29, 0.717) is 21.9 Å². The van der Waals surface area contributed by atoms with Crippen molar-refractivity contribution in [3.8, 4) is 5.75 Å². The van der Waals surface area contributed by atoms with Gasteiger partial charge in [-0.05, 0) is 47.7 Å². The second kappa shape index (κ2) is 6.72. The van der Waals surface area contributed by atoms with E-state index in [1.54, 1.807) is 61.7 Å². The molecule has 2 amide bonds. The number of thioether (sulfide) groups is 1. The fourth-order valence-corrected chi connectivity index (χ4v) is 3.09. The number of methoxy groups -OCH3 is 1. The first-order valence-electron chi connectivity index (χ1n) is 7.09. The van der Waals surface area contributed by atoms with Crippen molar-refractivity contribution in [2.24, 2.45) is 0 Å². The predicted octanol–water partition coefficient (Wildman–Crippen LogP) is 3.75. The molecule has 0 spiro atoms. The van der Waals surface area contributed by atoms with E-state index in [9.17, 15) is 14.4 Å². The van der Waals surface area contributed by atoms with Crippen molar-refractivity contribution in [2.75, 3.05) is 12.0 Å². The number of aldehydes is 1. The molecule has 0 aliphatic carbocycles. The molecule has 0 aromatic heterocycles. The van der Waals surface area contributed by atoms with E-state index >= 15 is 0 Å². The van der Waals surface area contributed by atoms with Crippen LogP contribution in [0.1, 0.15) is 15.9 Å². The maximum absolute atomic E-state index is 12.5. The van der Waals surface area contributed by atoms with Gasteiger partial charge in [-0.25, -0.2) is 4.90 Å². The van der Waals surface area contributed by atoms with Crippen LogP contribution in [0, 0.1) is 0 Å². The Morgan fingerprint density at radius 2 is 1.58 bits per heavy atom. The lowest BCUT2D eigenvalue weighted by Gasteiger charge is -2.12. The number of rotatable bonds is 4. The van der Waals surface area contributed by atoms with Gasteiger partial charge in [0.1, 0.15) is 12.0 Å². The van der Waals surface area contributed by atoms with Gasteiger partial charge in [0.25, 0.3) is 11.1 Å². The number of carbonyl (C=O) groups is 3. The van der Waals surface area contributed by atoms with E-state index in [-0.39, 0.29) is 11.1 Å². The Labute approximate surface area is 142 Å². The van der Waals surface area contributed by atoms with Gasteiger partial charge in [0.05, 0.1) is 17.7 Å². The minimum Gasteiger partial charge on any atom is -0.497 e. The first-order valence-corrected chi connectivity index (χ1v) is 7.91. The standard InChI is InChI=1S/C18H13NO4S/c1-23-15-8-6-14(7-9-15)19-17(21)16(24-18(19)22)10-12-2-4-13(11-20)5-3-12/h2-11H,1H3/b16-10+. The van der Waals surface area contributed by atoms with Gasteiger partial charge in [0, 0.05) is 5.56 Å². The van der Waals surface area contributed by atoms with Crippen LogP contribution in [0.2, 0.25) is 0 Å². The van der Waals surface area contributed by atoms with Crippen molar-refractivity contribution in [3.05, 3.63) is 64.6 Å². The molecular weight excluding hydrogens is 326 g/mol. The van der Waals surface area contributed by atoms with Crippen LogP contribution in [0.15, 0.2) is 53.4 Å². The minimum atomic E-state index is -0.366. The van der Waals surface area contributed by atoms with E-state index in [2.05, 4.69) is 0 Å². The molecule has 120 valence electrons. The molecule has 0 saturated carbocycles. The van der Waals surface area contributed by atoms with Gasteiger partial charge in [-0.1, -0.05) is 24.3 Å². The van der Waals surface area contributed by atoms with Gasteiger partial charge in [-0.15, -0.1) is 0 Å². The molecule has 0 radical (unpaired) electrons. The van der Waals surface area contributed by atoms with Crippen molar-refractivity contribution in [1.29, 1.82) is 0 Å². The van der Waals surface area contributed by atoms with Crippen molar-refractivity contribution in [3.63, 3.8) is 0 Å². The molecular formula is C18H13NO4S. The number of anilines is 1. The third-order valence-corrected chi connectivity index (χ3v) is 4.36. The first-order chi connectivity index (χ1) is 11.6.